The molecule has 0 aliphatic rings. The van der Waals surface area contributed by atoms with Crippen molar-refractivity contribution in [2.24, 2.45) is 7.05 Å². The van der Waals surface area contributed by atoms with E-state index in [0.717, 1.165) is 10.2 Å². The van der Waals surface area contributed by atoms with Crippen LogP contribution in [0.3, 0.4) is 0 Å². The second-order valence-corrected chi connectivity index (χ2v) is 4.96. The summed E-state index contributed by atoms with van der Waals surface area (Å²) < 4.78 is 8.25. The van der Waals surface area contributed by atoms with Gasteiger partial charge in [0.2, 0.25) is 5.88 Å². The molecule has 0 aliphatic carbocycles. The van der Waals surface area contributed by atoms with Gasteiger partial charge in [-0.05, 0) is 32.0 Å². The largest absolute Gasteiger partial charge is 0.439 e. The Bertz CT molecular complexity index is 605. The lowest BCUT2D eigenvalue weighted by atomic mass is 10.1. The van der Waals surface area contributed by atoms with E-state index >= 15 is 0 Å². The summed E-state index contributed by atoms with van der Waals surface area (Å²) in [6.45, 7) is 3.41. The number of ketones is 1. The molecule has 1 aromatic carbocycles. The van der Waals surface area contributed by atoms with Crippen molar-refractivity contribution in [3.05, 3.63) is 40.0 Å². The Morgan fingerprint density at radius 3 is 2.67 bits per heavy atom. The van der Waals surface area contributed by atoms with Crippen molar-refractivity contribution < 1.29 is 9.53 Å². The number of carbonyl (C=O) groups excluding carboxylic acids is 1. The third kappa shape index (κ3) is 2.61. The molecule has 0 atom stereocenters. The van der Waals surface area contributed by atoms with E-state index in [4.69, 9.17) is 4.74 Å². The van der Waals surface area contributed by atoms with Crippen molar-refractivity contribution in [2.75, 3.05) is 0 Å². The first-order valence-corrected chi connectivity index (χ1v) is 6.25. The fraction of sp³-hybridized carbons (Fsp3) is 0.231. The number of Topliss-reactive ketones (excluding diaryl/α,β-unsaturated/α-hetero) is 1. The standard InChI is InChI=1S/C13H13BrN2O2/c1-8-6-13(16(3)15-8)18-12-7-10(14)4-5-11(12)9(2)17/h4-7H,1-3H3. The number of nitrogens with zero attached hydrogens (tertiary/aromatic N) is 2. The fourth-order valence-corrected chi connectivity index (χ4v) is 2.01. The summed E-state index contributed by atoms with van der Waals surface area (Å²) in [6.07, 6.45) is 0. The Balaban J connectivity index is 2.42. The molecule has 0 bridgehead atoms. The number of benzene rings is 1. The average molecular weight is 309 g/mol. The van der Waals surface area contributed by atoms with Crippen molar-refractivity contribution in [2.45, 2.75) is 13.8 Å². The molecule has 0 saturated heterocycles. The molecule has 0 fully saturated rings. The van der Waals surface area contributed by atoms with E-state index in [1.807, 2.05) is 19.1 Å². The van der Waals surface area contributed by atoms with Crippen LogP contribution in [0.2, 0.25) is 0 Å². The van der Waals surface area contributed by atoms with Crippen LogP contribution in [-0.2, 0) is 7.05 Å². The van der Waals surface area contributed by atoms with Crippen molar-refractivity contribution in [1.29, 1.82) is 0 Å². The maximum absolute atomic E-state index is 11.5. The summed E-state index contributed by atoms with van der Waals surface area (Å²) in [5.41, 5.74) is 1.42. The van der Waals surface area contributed by atoms with Gasteiger partial charge in [0.1, 0.15) is 5.75 Å². The van der Waals surface area contributed by atoms with Gasteiger partial charge in [-0.15, -0.1) is 0 Å². The van der Waals surface area contributed by atoms with Gasteiger partial charge in [-0.3, -0.25) is 4.79 Å². The first-order valence-electron chi connectivity index (χ1n) is 5.46. The van der Waals surface area contributed by atoms with Crippen molar-refractivity contribution in [3.8, 4) is 11.6 Å². The predicted molar refractivity (Wildman–Crippen MR) is 72.2 cm³/mol. The molecule has 4 nitrogen and oxygen atoms in total. The Morgan fingerprint density at radius 2 is 2.11 bits per heavy atom. The number of ether oxygens (including phenoxy) is 1. The lowest BCUT2D eigenvalue weighted by Crippen LogP contribution is -2.00. The number of hydrogen-bond acceptors (Lipinski definition) is 3. The Morgan fingerprint density at radius 1 is 1.39 bits per heavy atom. The summed E-state index contributed by atoms with van der Waals surface area (Å²) in [7, 11) is 1.80. The number of aryl methyl sites for hydroxylation is 2. The van der Waals surface area contributed by atoms with Crippen molar-refractivity contribution in [3.63, 3.8) is 0 Å². The predicted octanol–water partition coefficient (Wildman–Crippen LogP) is 3.49. The van der Waals surface area contributed by atoms with Gasteiger partial charge in [-0.1, -0.05) is 15.9 Å². The van der Waals surface area contributed by atoms with Crippen molar-refractivity contribution >= 4 is 21.7 Å². The number of hydrogen-bond donors (Lipinski definition) is 0. The molecule has 5 heteroatoms. The highest BCUT2D eigenvalue weighted by molar-refractivity contribution is 9.10. The molecule has 1 heterocycles. The molecular weight excluding hydrogens is 296 g/mol. The van der Waals surface area contributed by atoms with Crippen LogP contribution in [0.5, 0.6) is 11.6 Å². The minimum atomic E-state index is -0.0311. The molecule has 0 saturated carbocycles. The van der Waals surface area contributed by atoms with Crippen LogP contribution >= 0.6 is 15.9 Å². The summed E-state index contributed by atoms with van der Waals surface area (Å²) in [4.78, 5) is 11.5. The highest BCUT2D eigenvalue weighted by atomic mass is 79.9. The van der Waals surface area contributed by atoms with Crippen LogP contribution in [0, 0.1) is 6.92 Å². The molecule has 0 amide bonds. The maximum atomic E-state index is 11.5. The van der Waals surface area contributed by atoms with E-state index in [-0.39, 0.29) is 5.78 Å². The van der Waals surface area contributed by atoms with E-state index in [2.05, 4.69) is 21.0 Å². The first-order chi connectivity index (χ1) is 8.47. The molecule has 0 radical (unpaired) electrons. The number of carbonyl (C=O) groups is 1. The molecule has 1 aromatic heterocycles. The maximum Gasteiger partial charge on any atom is 0.217 e. The number of aromatic nitrogens is 2. The van der Waals surface area contributed by atoms with E-state index in [0.29, 0.717) is 17.2 Å². The highest BCUT2D eigenvalue weighted by Crippen LogP contribution is 2.29. The second-order valence-electron chi connectivity index (χ2n) is 4.05. The van der Waals surface area contributed by atoms with Crippen LogP contribution in [0.15, 0.2) is 28.7 Å². The molecule has 0 unspecified atom stereocenters. The zero-order valence-corrected chi connectivity index (χ0v) is 12.0. The van der Waals surface area contributed by atoms with Gasteiger partial charge in [0, 0.05) is 17.6 Å². The quantitative estimate of drug-likeness (QED) is 0.815. The molecular formula is C13H13BrN2O2. The highest BCUT2D eigenvalue weighted by Gasteiger charge is 2.12. The summed E-state index contributed by atoms with van der Waals surface area (Å²) in [5.74, 6) is 1.10. The van der Waals surface area contributed by atoms with Crippen LogP contribution in [0.25, 0.3) is 0 Å². The van der Waals surface area contributed by atoms with Crippen LogP contribution in [-0.4, -0.2) is 15.6 Å². The number of halogens is 1. The Labute approximate surface area is 114 Å². The van der Waals surface area contributed by atoms with E-state index < -0.39 is 0 Å². The molecule has 94 valence electrons. The SMILES string of the molecule is CC(=O)c1ccc(Br)cc1Oc1cc(C)nn1C. The van der Waals surface area contributed by atoms with Crippen molar-refractivity contribution in [1.82, 2.24) is 9.78 Å². The van der Waals surface area contributed by atoms with Gasteiger partial charge in [0.25, 0.3) is 0 Å². The Kier molecular flexibility index (Phi) is 3.52. The van der Waals surface area contributed by atoms with Gasteiger partial charge < -0.3 is 4.74 Å². The van der Waals surface area contributed by atoms with Gasteiger partial charge >= 0.3 is 0 Å². The molecule has 2 rings (SSSR count). The lowest BCUT2D eigenvalue weighted by Gasteiger charge is -2.09. The van der Waals surface area contributed by atoms with Gasteiger partial charge in [-0.2, -0.15) is 5.10 Å². The average Bonchev–Trinajstić information content (AvgIpc) is 2.57. The summed E-state index contributed by atoms with van der Waals surface area (Å²) in [5, 5.41) is 4.20. The van der Waals surface area contributed by atoms with E-state index in [1.54, 1.807) is 23.9 Å². The second kappa shape index (κ2) is 4.94. The molecule has 0 N–H and O–H groups in total. The molecule has 0 spiro atoms. The smallest absolute Gasteiger partial charge is 0.217 e. The first kappa shape index (κ1) is 12.8. The molecule has 2 aromatic rings. The Hall–Kier alpha value is -1.62. The third-order valence-electron chi connectivity index (χ3n) is 2.50. The van der Waals surface area contributed by atoms with E-state index in [1.165, 1.54) is 6.92 Å². The normalized spacial score (nSPS) is 10.4. The van der Waals surface area contributed by atoms with Crippen LogP contribution in [0.4, 0.5) is 0 Å². The third-order valence-corrected chi connectivity index (χ3v) is 2.99. The van der Waals surface area contributed by atoms with Gasteiger partial charge in [-0.25, -0.2) is 4.68 Å². The monoisotopic (exact) mass is 308 g/mol. The minimum Gasteiger partial charge on any atom is -0.439 e. The summed E-state index contributed by atoms with van der Waals surface area (Å²) >= 11 is 3.37. The number of rotatable bonds is 3. The lowest BCUT2D eigenvalue weighted by molar-refractivity contribution is 0.101. The van der Waals surface area contributed by atoms with Crippen LogP contribution < -0.4 is 4.74 Å². The molecule has 18 heavy (non-hydrogen) atoms. The summed E-state index contributed by atoms with van der Waals surface area (Å²) in [6, 6.07) is 7.16. The zero-order valence-electron chi connectivity index (χ0n) is 10.4. The van der Waals surface area contributed by atoms with E-state index in [9.17, 15) is 4.79 Å². The molecule has 0 aliphatic heterocycles. The van der Waals surface area contributed by atoms with Gasteiger partial charge in [0.15, 0.2) is 5.78 Å². The minimum absolute atomic E-state index is 0.0311. The topological polar surface area (TPSA) is 44.1 Å². The van der Waals surface area contributed by atoms with Gasteiger partial charge in [0.05, 0.1) is 11.3 Å². The van der Waals surface area contributed by atoms with Crippen LogP contribution in [0.1, 0.15) is 23.0 Å². The zero-order chi connectivity index (χ0) is 13.3. The fourth-order valence-electron chi connectivity index (χ4n) is 1.67.